The van der Waals surface area contributed by atoms with Crippen molar-refractivity contribution in [1.82, 2.24) is 0 Å². The van der Waals surface area contributed by atoms with Crippen molar-refractivity contribution in [3.8, 4) is 11.5 Å². The zero-order chi connectivity index (χ0) is 11.5. The maximum absolute atomic E-state index is 9.48. The van der Waals surface area contributed by atoms with Crippen LogP contribution < -0.4 is 4.74 Å². The molecule has 1 aromatic carbocycles. The molecule has 1 heterocycles. The van der Waals surface area contributed by atoms with Gasteiger partial charge in [0.2, 0.25) is 0 Å². The van der Waals surface area contributed by atoms with Gasteiger partial charge < -0.3 is 9.84 Å². The van der Waals surface area contributed by atoms with Gasteiger partial charge in [-0.25, -0.2) is 0 Å². The minimum absolute atomic E-state index is 0.177. The highest BCUT2D eigenvalue weighted by Crippen LogP contribution is 2.30. The Balaban J connectivity index is 2.25. The Labute approximate surface area is 107 Å². The number of halogens is 1. The van der Waals surface area contributed by atoms with E-state index in [9.17, 15) is 5.11 Å². The molecule has 0 saturated carbocycles. The second-order valence-corrected chi connectivity index (χ2v) is 5.23. The summed E-state index contributed by atoms with van der Waals surface area (Å²) in [7, 11) is 1.56. The van der Waals surface area contributed by atoms with Crippen molar-refractivity contribution in [2.75, 3.05) is 7.11 Å². The van der Waals surface area contributed by atoms with Crippen LogP contribution in [0.25, 0.3) is 0 Å². The SMILES string of the molecule is COc1cc(Cc2sccc2Br)ccc1O. The number of methoxy groups -OCH3 is 1. The predicted molar refractivity (Wildman–Crippen MR) is 69.5 cm³/mol. The molecule has 84 valence electrons. The van der Waals surface area contributed by atoms with Gasteiger partial charge in [0.15, 0.2) is 11.5 Å². The van der Waals surface area contributed by atoms with Crippen LogP contribution in [-0.4, -0.2) is 12.2 Å². The van der Waals surface area contributed by atoms with E-state index in [1.165, 1.54) is 4.88 Å². The lowest BCUT2D eigenvalue weighted by Crippen LogP contribution is -1.89. The summed E-state index contributed by atoms with van der Waals surface area (Å²) in [6.45, 7) is 0. The van der Waals surface area contributed by atoms with Crippen LogP contribution in [0.5, 0.6) is 11.5 Å². The summed E-state index contributed by atoms with van der Waals surface area (Å²) in [5.41, 5.74) is 1.12. The monoisotopic (exact) mass is 298 g/mol. The number of rotatable bonds is 3. The van der Waals surface area contributed by atoms with E-state index in [-0.39, 0.29) is 5.75 Å². The van der Waals surface area contributed by atoms with Crippen molar-refractivity contribution in [3.63, 3.8) is 0 Å². The lowest BCUT2D eigenvalue weighted by molar-refractivity contribution is 0.373. The molecule has 0 fully saturated rings. The van der Waals surface area contributed by atoms with Gasteiger partial charge in [-0.1, -0.05) is 6.07 Å². The summed E-state index contributed by atoms with van der Waals surface area (Å²) in [5, 5.41) is 11.5. The van der Waals surface area contributed by atoms with Crippen molar-refractivity contribution in [1.29, 1.82) is 0 Å². The molecule has 0 saturated heterocycles. The molecule has 0 aliphatic carbocycles. The topological polar surface area (TPSA) is 29.5 Å². The molecule has 2 nitrogen and oxygen atoms in total. The van der Waals surface area contributed by atoms with E-state index in [0.29, 0.717) is 5.75 Å². The summed E-state index contributed by atoms with van der Waals surface area (Å²) in [5.74, 6) is 0.696. The predicted octanol–water partition coefficient (Wildman–Crippen LogP) is 3.82. The van der Waals surface area contributed by atoms with Crippen molar-refractivity contribution in [3.05, 3.63) is 44.6 Å². The highest BCUT2D eigenvalue weighted by atomic mass is 79.9. The molecule has 16 heavy (non-hydrogen) atoms. The molecule has 0 spiro atoms. The first kappa shape index (κ1) is 11.5. The van der Waals surface area contributed by atoms with Crippen molar-refractivity contribution < 1.29 is 9.84 Å². The highest BCUT2D eigenvalue weighted by molar-refractivity contribution is 9.10. The molecule has 0 radical (unpaired) electrons. The average Bonchev–Trinajstić information content (AvgIpc) is 2.67. The largest absolute Gasteiger partial charge is 0.504 e. The Morgan fingerprint density at radius 1 is 1.38 bits per heavy atom. The highest BCUT2D eigenvalue weighted by Gasteiger charge is 2.06. The number of benzene rings is 1. The standard InChI is InChI=1S/C12H11BrO2S/c1-15-11-6-8(2-3-10(11)14)7-12-9(13)4-5-16-12/h2-6,14H,7H2,1H3. The number of hydrogen-bond donors (Lipinski definition) is 1. The molecule has 2 aromatic rings. The molecular weight excluding hydrogens is 288 g/mol. The van der Waals surface area contributed by atoms with E-state index in [1.807, 2.05) is 18.2 Å². The van der Waals surface area contributed by atoms with Crippen LogP contribution in [0.2, 0.25) is 0 Å². The van der Waals surface area contributed by atoms with Crippen LogP contribution in [0, 0.1) is 0 Å². The summed E-state index contributed by atoms with van der Waals surface area (Å²) in [6, 6.07) is 7.47. The minimum Gasteiger partial charge on any atom is -0.504 e. The van der Waals surface area contributed by atoms with Crippen molar-refractivity contribution in [2.45, 2.75) is 6.42 Å². The Kier molecular flexibility index (Phi) is 3.51. The summed E-state index contributed by atoms with van der Waals surface area (Å²) in [6.07, 6.45) is 0.842. The lowest BCUT2D eigenvalue weighted by atomic mass is 10.1. The average molecular weight is 299 g/mol. The zero-order valence-corrected chi connectivity index (χ0v) is 11.1. The zero-order valence-electron chi connectivity index (χ0n) is 8.74. The molecule has 0 amide bonds. The molecule has 0 atom stereocenters. The fourth-order valence-corrected chi connectivity index (χ4v) is 3.00. The maximum atomic E-state index is 9.48. The Hall–Kier alpha value is -1.00. The molecule has 1 aromatic heterocycles. The molecule has 0 aliphatic heterocycles. The number of phenols is 1. The lowest BCUT2D eigenvalue weighted by Gasteiger charge is -2.06. The maximum Gasteiger partial charge on any atom is 0.160 e. The number of hydrogen-bond acceptors (Lipinski definition) is 3. The van der Waals surface area contributed by atoms with E-state index in [1.54, 1.807) is 24.5 Å². The Morgan fingerprint density at radius 2 is 2.19 bits per heavy atom. The van der Waals surface area contributed by atoms with Crippen LogP contribution in [0.3, 0.4) is 0 Å². The first-order valence-electron chi connectivity index (χ1n) is 4.78. The quantitative estimate of drug-likeness (QED) is 0.933. The summed E-state index contributed by atoms with van der Waals surface area (Å²) < 4.78 is 6.21. The van der Waals surface area contributed by atoms with E-state index >= 15 is 0 Å². The molecular formula is C12H11BrO2S. The number of aromatic hydroxyl groups is 1. The van der Waals surface area contributed by atoms with Gasteiger partial charge in [-0.2, -0.15) is 0 Å². The van der Waals surface area contributed by atoms with Gasteiger partial charge >= 0.3 is 0 Å². The third-order valence-electron chi connectivity index (χ3n) is 2.30. The second-order valence-electron chi connectivity index (χ2n) is 3.37. The van der Waals surface area contributed by atoms with Crippen molar-refractivity contribution in [2.24, 2.45) is 0 Å². The number of thiophene rings is 1. The third-order valence-corrected chi connectivity index (χ3v) is 4.23. The molecule has 4 heteroatoms. The van der Waals surface area contributed by atoms with Gasteiger partial charge in [0, 0.05) is 15.8 Å². The van der Waals surface area contributed by atoms with Crippen LogP contribution >= 0.6 is 27.3 Å². The van der Waals surface area contributed by atoms with Crippen LogP contribution in [-0.2, 0) is 6.42 Å². The van der Waals surface area contributed by atoms with Gasteiger partial charge in [-0.3, -0.25) is 0 Å². The summed E-state index contributed by atoms with van der Waals surface area (Å²) in [4.78, 5) is 1.27. The van der Waals surface area contributed by atoms with E-state index in [0.717, 1.165) is 16.5 Å². The normalized spacial score (nSPS) is 10.4. The first-order chi connectivity index (χ1) is 7.70. The van der Waals surface area contributed by atoms with Crippen LogP contribution in [0.1, 0.15) is 10.4 Å². The number of ether oxygens (including phenoxy) is 1. The van der Waals surface area contributed by atoms with Gasteiger partial charge in [0.1, 0.15) is 0 Å². The minimum atomic E-state index is 0.177. The van der Waals surface area contributed by atoms with Gasteiger partial charge in [0.25, 0.3) is 0 Å². The molecule has 0 aliphatic rings. The van der Waals surface area contributed by atoms with Gasteiger partial charge in [-0.05, 0) is 45.1 Å². The first-order valence-corrected chi connectivity index (χ1v) is 6.45. The van der Waals surface area contributed by atoms with Crippen molar-refractivity contribution >= 4 is 27.3 Å². The Bertz CT molecular complexity index is 494. The fourth-order valence-electron chi connectivity index (χ4n) is 1.47. The van der Waals surface area contributed by atoms with Gasteiger partial charge in [0.05, 0.1) is 7.11 Å². The molecule has 1 N–H and O–H groups in total. The molecule has 2 rings (SSSR count). The molecule has 0 unspecified atom stereocenters. The smallest absolute Gasteiger partial charge is 0.160 e. The fraction of sp³-hybridized carbons (Fsp3) is 0.167. The summed E-state index contributed by atoms with van der Waals surface area (Å²) >= 11 is 5.22. The Morgan fingerprint density at radius 3 is 2.81 bits per heavy atom. The van der Waals surface area contributed by atoms with E-state index in [4.69, 9.17) is 4.74 Å². The van der Waals surface area contributed by atoms with Crippen LogP contribution in [0.4, 0.5) is 0 Å². The third kappa shape index (κ3) is 2.39. The number of phenolic OH excluding ortho intramolecular Hbond substituents is 1. The van der Waals surface area contributed by atoms with Gasteiger partial charge in [-0.15, -0.1) is 11.3 Å². The van der Waals surface area contributed by atoms with E-state index < -0.39 is 0 Å². The molecule has 0 bridgehead atoms. The van der Waals surface area contributed by atoms with Crippen LogP contribution in [0.15, 0.2) is 34.1 Å². The second kappa shape index (κ2) is 4.89. The van der Waals surface area contributed by atoms with E-state index in [2.05, 4.69) is 21.3 Å².